The Morgan fingerprint density at radius 3 is 2.92 bits per heavy atom. The van der Waals surface area contributed by atoms with Crippen molar-refractivity contribution in [2.24, 2.45) is 5.92 Å². The van der Waals surface area contributed by atoms with Gasteiger partial charge in [0.25, 0.3) is 5.19 Å². The molecule has 1 aromatic heterocycles. The van der Waals surface area contributed by atoms with Crippen LogP contribution in [-0.2, 0) is 0 Å². The van der Waals surface area contributed by atoms with Gasteiger partial charge in [-0.1, -0.05) is 17.9 Å². The van der Waals surface area contributed by atoms with Crippen molar-refractivity contribution in [1.82, 2.24) is 10.2 Å². The Hall–Kier alpha value is -0.160. The Balaban J connectivity index is 1.71. The van der Waals surface area contributed by atoms with Crippen LogP contribution in [0.4, 0.5) is 0 Å². The van der Waals surface area contributed by atoms with Crippen LogP contribution in [0.2, 0.25) is 0 Å². The first kappa shape index (κ1) is 8.44. The van der Waals surface area contributed by atoms with Gasteiger partial charge in [0.2, 0.25) is 0 Å². The summed E-state index contributed by atoms with van der Waals surface area (Å²) in [5, 5.41) is 8.29. The molecular weight excluding hydrogens is 240 g/mol. The molecule has 1 heterocycles. The highest BCUT2D eigenvalue weighted by Gasteiger charge is 2.20. The van der Waals surface area contributed by atoms with Crippen LogP contribution in [0.1, 0.15) is 19.3 Å². The highest BCUT2D eigenvalue weighted by molar-refractivity contribution is 9.11. The second-order valence-corrected chi connectivity index (χ2v) is 5.12. The predicted octanol–water partition coefficient (Wildman–Crippen LogP) is 2.48. The summed E-state index contributed by atoms with van der Waals surface area (Å²) in [4.78, 5) is 0. The molecule has 0 unspecified atom stereocenters. The van der Waals surface area contributed by atoms with Gasteiger partial charge in [0.05, 0.1) is 6.61 Å². The first-order chi connectivity index (χ1) is 5.84. The van der Waals surface area contributed by atoms with Gasteiger partial charge in [-0.25, -0.2) is 0 Å². The third-order valence-electron chi connectivity index (χ3n) is 1.83. The number of halogens is 1. The quantitative estimate of drug-likeness (QED) is 0.822. The summed E-state index contributed by atoms with van der Waals surface area (Å²) in [6.07, 6.45) is 3.92. The molecule has 1 aromatic rings. The maximum Gasteiger partial charge on any atom is 0.294 e. The zero-order chi connectivity index (χ0) is 8.39. The summed E-state index contributed by atoms with van der Waals surface area (Å²) in [7, 11) is 0. The summed E-state index contributed by atoms with van der Waals surface area (Å²) >= 11 is 4.66. The lowest BCUT2D eigenvalue weighted by molar-refractivity contribution is 0.298. The molecule has 1 fully saturated rings. The van der Waals surface area contributed by atoms with Crippen LogP contribution >= 0.6 is 27.3 Å². The lowest BCUT2D eigenvalue weighted by atomic mass is 10.3. The highest BCUT2D eigenvalue weighted by Crippen LogP contribution is 2.32. The van der Waals surface area contributed by atoms with E-state index in [1.165, 1.54) is 24.2 Å². The molecule has 0 spiro atoms. The SMILES string of the molecule is Brc1nnc(OCCC2CC2)s1. The summed E-state index contributed by atoms with van der Waals surface area (Å²) < 4.78 is 6.17. The Morgan fingerprint density at radius 1 is 1.50 bits per heavy atom. The van der Waals surface area contributed by atoms with Crippen molar-refractivity contribution in [1.29, 1.82) is 0 Å². The molecule has 0 atom stereocenters. The molecule has 3 nitrogen and oxygen atoms in total. The number of aromatic nitrogens is 2. The Morgan fingerprint density at radius 2 is 2.33 bits per heavy atom. The van der Waals surface area contributed by atoms with E-state index in [0.29, 0.717) is 5.19 Å². The minimum atomic E-state index is 0.669. The van der Waals surface area contributed by atoms with Gasteiger partial charge in [-0.2, -0.15) is 0 Å². The standard InChI is InChI=1S/C7H9BrN2OS/c8-6-9-10-7(12-6)11-4-3-5-1-2-5/h5H,1-4H2. The topological polar surface area (TPSA) is 35.0 Å². The van der Waals surface area contributed by atoms with E-state index in [9.17, 15) is 0 Å². The van der Waals surface area contributed by atoms with E-state index in [0.717, 1.165) is 22.9 Å². The molecule has 0 saturated heterocycles. The first-order valence-corrected chi connectivity index (χ1v) is 5.57. The Labute approximate surface area is 83.3 Å². The molecule has 1 saturated carbocycles. The molecule has 1 aliphatic carbocycles. The van der Waals surface area contributed by atoms with Crippen molar-refractivity contribution in [2.75, 3.05) is 6.61 Å². The normalized spacial score (nSPS) is 16.4. The average Bonchev–Trinajstić information content (AvgIpc) is 2.76. The largest absolute Gasteiger partial charge is 0.469 e. The lowest BCUT2D eigenvalue weighted by Gasteiger charge is -1.98. The van der Waals surface area contributed by atoms with Crippen LogP contribution in [0.3, 0.4) is 0 Å². The third-order valence-corrected chi connectivity index (χ3v) is 3.10. The van der Waals surface area contributed by atoms with E-state index in [1.54, 1.807) is 0 Å². The molecule has 1 aliphatic rings. The zero-order valence-electron chi connectivity index (χ0n) is 6.49. The van der Waals surface area contributed by atoms with Crippen LogP contribution < -0.4 is 4.74 Å². The van der Waals surface area contributed by atoms with Gasteiger partial charge in [0.1, 0.15) is 0 Å². The van der Waals surface area contributed by atoms with Crippen LogP contribution in [0.25, 0.3) is 0 Å². The van der Waals surface area contributed by atoms with Gasteiger partial charge < -0.3 is 4.74 Å². The van der Waals surface area contributed by atoms with Crippen molar-refractivity contribution in [3.63, 3.8) is 0 Å². The molecule has 66 valence electrons. The number of nitrogens with zero attached hydrogens (tertiary/aromatic N) is 2. The first-order valence-electron chi connectivity index (χ1n) is 3.96. The molecule has 0 bridgehead atoms. The van der Waals surface area contributed by atoms with Crippen LogP contribution in [0, 0.1) is 5.92 Å². The summed E-state index contributed by atoms with van der Waals surface area (Å²) in [5.41, 5.74) is 0. The molecule has 5 heteroatoms. The second-order valence-electron chi connectivity index (χ2n) is 2.90. The van der Waals surface area contributed by atoms with Gasteiger partial charge in [-0.15, -0.1) is 5.10 Å². The maximum absolute atomic E-state index is 5.39. The van der Waals surface area contributed by atoms with Gasteiger partial charge in [-0.05, 0) is 39.6 Å². The van der Waals surface area contributed by atoms with E-state index in [2.05, 4.69) is 26.1 Å². The van der Waals surface area contributed by atoms with Crippen molar-refractivity contribution in [2.45, 2.75) is 19.3 Å². The monoisotopic (exact) mass is 248 g/mol. The van der Waals surface area contributed by atoms with Crippen molar-refractivity contribution >= 4 is 27.3 Å². The number of hydrogen-bond donors (Lipinski definition) is 0. The maximum atomic E-state index is 5.39. The van der Waals surface area contributed by atoms with Gasteiger partial charge in [-0.3, -0.25) is 0 Å². The van der Waals surface area contributed by atoms with E-state index < -0.39 is 0 Å². The fourth-order valence-corrected chi connectivity index (χ4v) is 1.92. The van der Waals surface area contributed by atoms with Crippen molar-refractivity contribution < 1.29 is 4.74 Å². The average molecular weight is 249 g/mol. The molecule has 12 heavy (non-hydrogen) atoms. The van der Waals surface area contributed by atoms with Crippen LogP contribution in [0.5, 0.6) is 5.19 Å². The van der Waals surface area contributed by atoms with Gasteiger partial charge >= 0.3 is 0 Å². The minimum absolute atomic E-state index is 0.669. The van der Waals surface area contributed by atoms with E-state index in [4.69, 9.17) is 4.74 Å². The Kier molecular flexibility index (Phi) is 2.60. The molecule has 2 rings (SSSR count). The molecule has 0 aromatic carbocycles. The third kappa shape index (κ3) is 2.42. The number of hydrogen-bond acceptors (Lipinski definition) is 4. The molecule has 0 amide bonds. The van der Waals surface area contributed by atoms with Crippen LogP contribution in [-0.4, -0.2) is 16.8 Å². The fourth-order valence-electron chi connectivity index (χ4n) is 0.971. The van der Waals surface area contributed by atoms with Crippen molar-refractivity contribution in [3.8, 4) is 5.19 Å². The smallest absolute Gasteiger partial charge is 0.294 e. The van der Waals surface area contributed by atoms with Crippen LogP contribution in [0.15, 0.2) is 3.92 Å². The predicted molar refractivity (Wildman–Crippen MR) is 50.4 cm³/mol. The second kappa shape index (κ2) is 3.70. The number of ether oxygens (including phenoxy) is 1. The van der Waals surface area contributed by atoms with E-state index in [1.807, 2.05) is 0 Å². The number of rotatable bonds is 4. The summed E-state index contributed by atoms with van der Waals surface area (Å²) in [5.74, 6) is 0.918. The summed E-state index contributed by atoms with van der Waals surface area (Å²) in [6, 6.07) is 0. The van der Waals surface area contributed by atoms with Crippen molar-refractivity contribution in [3.05, 3.63) is 3.92 Å². The molecule has 0 radical (unpaired) electrons. The minimum Gasteiger partial charge on any atom is -0.469 e. The Bertz CT molecular complexity index is 262. The van der Waals surface area contributed by atoms with E-state index in [-0.39, 0.29) is 0 Å². The lowest BCUT2D eigenvalue weighted by Crippen LogP contribution is -1.97. The van der Waals surface area contributed by atoms with Gasteiger partial charge in [0, 0.05) is 0 Å². The van der Waals surface area contributed by atoms with E-state index >= 15 is 0 Å². The molecule has 0 N–H and O–H groups in total. The molecule has 0 aliphatic heterocycles. The summed E-state index contributed by atoms with van der Waals surface area (Å²) in [6.45, 7) is 0.784. The fraction of sp³-hybridized carbons (Fsp3) is 0.714. The zero-order valence-corrected chi connectivity index (χ0v) is 8.90. The van der Waals surface area contributed by atoms with Gasteiger partial charge in [0.15, 0.2) is 3.92 Å². The molecular formula is C7H9BrN2OS. The highest BCUT2D eigenvalue weighted by atomic mass is 79.9.